The third kappa shape index (κ3) is 2.32. The summed E-state index contributed by atoms with van der Waals surface area (Å²) in [4.78, 5) is 0.521. The van der Waals surface area contributed by atoms with Crippen LogP contribution in [0.25, 0.3) is 11.1 Å². The molecule has 0 aromatic heterocycles. The molecule has 1 aliphatic heterocycles. The Morgan fingerprint density at radius 2 is 1.05 bits per heavy atom. The highest BCUT2D eigenvalue weighted by Gasteiger charge is 2.72. The van der Waals surface area contributed by atoms with Gasteiger partial charge in [-0.1, -0.05) is 77.9 Å². The molecule has 7 rings (SSSR count). The summed E-state index contributed by atoms with van der Waals surface area (Å²) in [6.07, 6.45) is 5.75. The van der Waals surface area contributed by atoms with E-state index in [1.54, 1.807) is 0 Å². The van der Waals surface area contributed by atoms with E-state index in [2.05, 4.69) is 41.5 Å². The molecular formula is C32H40O4S. The third-order valence-corrected chi connectivity index (χ3v) is 14.7. The summed E-state index contributed by atoms with van der Waals surface area (Å²) in [7, 11) is -3.98. The molecule has 4 bridgehead atoms. The molecule has 4 saturated carbocycles. The van der Waals surface area contributed by atoms with Crippen LogP contribution >= 0.6 is 0 Å². The summed E-state index contributed by atoms with van der Waals surface area (Å²) in [6, 6.07) is 11.3. The van der Waals surface area contributed by atoms with E-state index in [0.717, 1.165) is 38.5 Å². The maximum absolute atomic E-state index is 14.7. The van der Waals surface area contributed by atoms with Gasteiger partial charge in [-0.05, 0) is 50.4 Å². The fourth-order valence-corrected chi connectivity index (χ4v) is 12.8. The summed E-state index contributed by atoms with van der Waals surface area (Å²) in [5.41, 5.74) is -1.71. The van der Waals surface area contributed by atoms with Gasteiger partial charge in [-0.25, -0.2) is 8.42 Å². The number of benzene rings is 2. The van der Waals surface area contributed by atoms with Crippen molar-refractivity contribution in [2.24, 2.45) is 33.5 Å². The SMILES string of the molecule is CC1(C)[C@H]2CC[C@](C)(C2)[C@]1(O)c1cccc2c1S(=O)(=O)c1c-2cccc1[C@]1(O)C(C)(C)[C@H]2CC[C@]1(C)C2. The second-order valence-corrected chi connectivity index (χ2v) is 16.6. The van der Waals surface area contributed by atoms with Crippen molar-refractivity contribution in [3.8, 4) is 11.1 Å². The molecule has 2 aromatic carbocycles. The predicted molar refractivity (Wildman–Crippen MR) is 144 cm³/mol. The molecule has 198 valence electrons. The molecule has 2 aromatic rings. The van der Waals surface area contributed by atoms with Gasteiger partial charge in [0.2, 0.25) is 9.84 Å². The normalized spacial score (nSPS) is 43.2. The average Bonchev–Trinajstić information content (AvgIpc) is 3.57. The molecule has 0 radical (unpaired) electrons. The first-order valence-electron chi connectivity index (χ1n) is 14.1. The molecule has 4 aliphatic carbocycles. The molecule has 0 amide bonds. The zero-order valence-electron chi connectivity index (χ0n) is 23.0. The molecular weight excluding hydrogens is 480 g/mol. The Kier molecular flexibility index (Phi) is 4.30. The maximum atomic E-state index is 14.7. The summed E-state index contributed by atoms with van der Waals surface area (Å²) >= 11 is 0. The predicted octanol–water partition coefficient (Wildman–Crippen LogP) is 6.57. The van der Waals surface area contributed by atoms with Crippen LogP contribution in [0.15, 0.2) is 46.2 Å². The van der Waals surface area contributed by atoms with Gasteiger partial charge < -0.3 is 10.2 Å². The third-order valence-electron chi connectivity index (χ3n) is 12.8. The standard InChI is InChI=1S/C32H40O4S/c1-27(2)19-13-15-29(5,17-19)31(27,33)23-11-7-9-21-22-10-8-12-24(26(22)37(35,36)25(21)23)32(34)28(3,4)20-14-16-30(32,6)18-20/h7-12,19-20,33-34H,13-18H2,1-6H3/t19-,20-,29+,30+,31-,32-/m0/s1. The molecule has 0 saturated heterocycles. The van der Waals surface area contributed by atoms with Gasteiger partial charge in [0.05, 0.1) is 9.79 Å². The smallest absolute Gasteiger partial charge is 0.208 e. The van der Waals surface area contributed by atoms with Gasteiger partial charge in [-0.3, -0.25) is 0 Å². The molecule has 37 heavy (non-hydrogen) atoms. The Balaban J connectivity index is 1.50. The summed E-state index contributed by atoms with van der Waals surface area (Å²) in [5, 5.41) is 25.3. The summed E-state index contributed by atoms with van der Waals surface area (Å²) < 4.78 is 29.5. The number of aliphatic hydroxyl groups is 2. The molecule has 5 heteroatoms. The van der Waals surface area contributed by atoms with Gasteiger partial charge in [0, 0.05) is 43.9 Å². The van der Waals surface area contributed by atoms with E-state index < -0.39 is 31.9 Å². The van der Waals surface area contributed by atoms with Crippen LogP contribution in [-0.4, -0.2) is 18.6 Å². The average molecular weight is 521 g/mol. The zero-order chi connectivity index (χ0) is 26.6. The fourth-order valence-electron chi connectivity index (χ4n) is 10.6. The Morgan fingerprint density at radius 3 is 1.38 bits per heavy atom. The highest BCUT2D eigenvalue weighted by Crippen LogP contribution is 2.75. The lowest BCUT2D eigenvalue weighted by Gasteiger charge is -2.52. The van der Waals surface area contributed by atoms with E-state index in [4.69, 9.17) is 0 Å². The first-order chi connectivity index (χ1) is 17.1. The fraction of sp³-hybridized carbons (Fsp3) is 0.625. The van der Waals surface area contributed by atoms with Crippen molar-refractivity contribution in [3.05, 3.63) is 47.5 Å². The quantitative estimate of drug-likeness (QED) is 0.401. The lowest BCUT2D eigenvalue weighted by atomic mass is 9.57. The van der Waals surface area contributed by atoms with Crippen LogP contribution in [-0.2, 0) is 21.0 Å². The van der Waals surface area contributed by atoms with Gasteiger partial charge in [0.25, 0.3) is 0 Å². The lowest BCUT2D eigenvalue weighted by molar-refractivity contribution is -0.152. The van der Waals surface area contributed by atoms with Gasteiger partial charge in [0.1, 0.15) is 11.2 Å². The van der Waals surface area contributed by atoms with E-state index in [1.807, 2.05) is 36.4 Å². The first-order valence-corrected chi connectivity index (χ1v) is 15.5. The van der Waals surface area contributed by atoms with Crippen LogP contribution in [0.3, 0.4) is 0 Å². The molecule has 4 fully saturated rings. The van der Waals surface area contributed by atoms with Crippen molar-refractivity contribution >= 4 is 9.84 Å². The van der Waals surface area contributed by atoms with Crippen molar-refractivity contribution in [2.75, 3.05) is 0 Å². The summed E-state index contributed by atoms with van der Waals surface area (Å²) in [6.45, 7) is 12.7. The van der Waals surface area contributed by atoms with E-state index in [0.29, 0.717) is 34.1 Å². The molecule has 2 N–H and O–H groups in total. The molecule has 0 spiro atoms. The Bertz CT molecular complexity index is 1370. The van der Waals surface area contributed by atoms with Crippen molar-refractivity contribution < 1.29 is 18.6 Å². The number of sulfone groups is 1. The number of fused-ring (bicyclic) bond motifs is 7. The van der Waals surface area contributed by atoms with E-state index in [1.165, 1.54) is 0 Å². The van der Waals surface area contributed by atoms with Crippen LogP contribution in [0.4, 0.5) is 0 Å². The zero-order valence-corrected chi connectivity index (χ0v) is 23.8. The molecule has 0 unspecified atom stereocenters. The number of hydrogen-bond donors (Lipinski definition) is 2. The molecule has 5 aliphatic rings. The molecule has 4 nitrogen and oxygen atoms in total. The highest BCUT2D eigenvalue weighted by molar-refractivity contribution is 7.92. The number of rotatable bonds is 2. The number of hydrogen-bond acceptors (Lipinski definition) is 4. The highest BCUT2D eigenvalue weighted by atomic mass is 32.2. The Hall–Kier alpha value is -1.69. The second kappa shape index (κ2) is 6.54. The minimum atomic E-state index is -3.98. The maximum Gasteiger partial charge on any atom is 0.208 e. The molecule has 6 atom stereocenters. The van der Waals surface area contributed by atoms with Crippen LogP contribution in [0.1, 0.15) is 91.2 Å². The van der Waals surface area contributed by atoms with E-state index in [-0.39, 0.29) is 20.6 Å². The summed E-state index contributed by atoms with van der Waals surface area (Å²) in [5.74, 6) is 0.715. The van der Waals surface area contributed by atoms with E-state index in [9.17, 15) is 18.6 Å². The Labute approximate surface area is 221 Å². The lowest BCUT2D eigenvalue weighted by Crippen LogP contribution is -2.52. The van der Waals surface area contributed by atoms with Crippen LogP contribution < -0.4 is 0 Å². The topological polar surface area (TPSA) is 74.6 Å². The minimum absolute atomic E-state index is 0.261. The Morgan fingerprint density at radius 1 is 0.676 bits per heavy atom. The van der Waals surface area contributed by atoms with Gasteiger partial charge >= 0.3 is 0 Å². The van der Waals surface area contributed by atoms with Crippen molar-refractivity contribution in [1.82, 2.24) is 0 Å². The second-order valence-electron chi connectivity index (χ2n) is 14.7. The van der Waals surface area contributed by atoms with Gasteiger partial charge in [0.15, 0.2) is 0 Å². The van der Waals surface area contributed by atoms with Gasteiger partial charge in [-0.2, -0.15) is 0 Å². The monoisotopic (exact) mass is 520 g/mol. The molecule has 1 heterocycles. The van der Waals surface area contributed by atoms with Crippen LogP contribution in [0.2, 0.25) is 0 Å². The van der Waals surface area contributed by atoms with Crippen LogP contribution in [0.5, 0.6) is 0 Å². The largest absolute Gasteiger partial charge is 0.384 e. The van der Waals surface area contributed by atoms with Crippen molar-refractivity contribution in [2.45, 2.75) is 101 Å². The van der Waals surface area contributed by atoms with Crippen molar-refractivity contribution in [3.63, 3.8) is 0 Å². The van der Waals surface area contributed by atoms with E-state index >= 15 is 0 Å². The minimum Gasteiger partial charge on any atom is -0.384 e. The van der Waals surface area contributed by atoms with Crippen LogP contribution in [0, 0.1) is 33.5 Å². The van der Waals surface area contributed by atoms with Crippen molar-refractivity contribution in [1.29, 1.82) is 0 Å². The van der Waals surface area contributed by atoms with Gasteiger partial charge in [-0.15, -0.1) is 0 Å². The first kappa shape index (κ1) is 24.4.